The van der Waals surface area contributed by atoms with E-state index in [0.717, 1.165) is 43.3 Å². The van der Waals surface area contributed by atoms with Gasteiger partial charge in [0.15, 0.2) is 0 Å². The third-order valence-corrected chi connectivity index (χ3v) is 5.06. The van der Waals surface area contributed by atoms with Gasteiger partial charge in [-0.25, -0.2) is 4.79 Å². The van der Waals surface area contributed by atoms with E-state index in [1.807, 2.05) is 37.4 Å². The van der Waals surface area contributed by atoms with Crippen LogP contribution in [0.1, 0.15) is 5.69 Å². The van der Waals surface area contributed by atoms with Gasteiger partial charge in [0.1, 0.15) is 5.75 Å². The summed E-state index contributed by atoms with van der Waals surface area (Å²) in [5, 5.41) is 0. The lowest BCUT2D eigenvalue weighted by Gasteiger charge is -2.37. The number of hydrogen-bond acceptors (Lipinski definition) is 4. The highest BCUT2D eigenvalue weighted by atomic mass is 16.5. The Bertz CT molecular complexity index is 949. The average molecular weight is 364 g/mol. The van der Waals surface area contributed by atoms with E-state index < -0.39 is 0 Å². The van der Waals surface area contributed by atoms with Gasteiger partial charge in [-0.3, -0.25) is 4.57 Å². The molecule has 1 saturated heterocycles. The van der Waals surface area contributed by atoms with Gasteiger partial charge >= 0.3 is 5.69 Å². The van der Waals surface area contributed by atoms with Crippen LogP contribution in [0.25, 0.3) is 5.69 Å². The SMILES string of the molecule is COc1ccc(N2CCN(c3ccc(-n4cc(C)[nH]c4=O)cc3)CC2)cc1. The monoisotopic (exact) mass is 364 g/mol. The molecule has 1 aliphatic rings. The van der Waals surface area contributed by atoms with Gasteiger partial charge in [0.05, 0.1) is 12.8 Å². The van der Waals surface area contributed by atoms with Crippen LogP contribution < -0.4 is 20.2 Å². The fourth-order valence-electron chi connectivity index (χ4n) is 3.55. The van der Waals surface area contributed by atoms with Gasteiger partial charge in [0.25, 0.3) is 0 Å². The van der Waals surface area contributed by atoms with Gasteiger partial charge < -0.3 is 19.5 Å². The molecule has 27 heavy (non-hydrogen) atoms. The highest BCUT2D eigenvalue weighted by Crippen LogP contribution is 2.23. The summed E-state index contributed by atoms with van der Waals surface area (Å²) in [6.07, 6.45) is 1.82. The molecule has 0 bridgehead atoms. The van der Waals surface area contributed by atoms with Crippen molar-refractivity contribution in [1.29, 1.82) is 0 Å². The van der Waals surface area contributed by atoms with Gasteiger partial charge in [-0.1, -0.05) is 0 Å². The van der Waals surface area contributed by atoms with Crippen molar-refractivity contribution in [2.75, 3.05) is 43.1 Å². The Kier molecular flexibility index (Phi) is 4.62. The Morgan fingerprint density at radius 3 is 1.74 bits per heavy atom. The molecule has 2 heterocycles. The minimum atomic E-state index is -0.103. The Hall–Kier alpha value is -3.15. The fraction of sp³-hybridized carbons (Fsp3) is 0.286. The molecule has 0 aliphatic carbocycles. The van der Waals surface area contributed by atoms with Crippen LogP contribution in [-0.4, -0.2) is 42.8 Å². The van der Waals surface area contributed by atoms with E-state index >= 15 is 0 Å². The van der Waals surface area contributed by atoms with Crippen LogP contribution >= 0.6 is 0 Å². The molecule has 6 heteroatoms. The number of imidazole rings is 1. The first-order valence-electron chi connectivity index (χ1n) is 9.17. The predicted molar refractivity (Wildman–Crippen MR) is 109 cm³/mol. The number of aryl methyl sites for hydroxylation is 1. The molecule has 0 radical (unpaired) electrons. The number of anilines is 2. The van der Waals surface area contributed by atoms with Gasteiger partial charge in [0.2, 0.25) is 0 Å². The summed E-state index contributed by atoms with van der Waals surface area (Å²) in [6.45, 7) is 5.77. The molecule has 2 aromatic carbocycles. The molecule has 6 nitrogen and oxygen atoms in total. The quantitative estimate of drug-likeness (QED) is 0.773. The number of methoxy groups -OCH3 is 1. The summed E-state index contributed by atoms with van der Waals surface area (Å²) >= 11 is 0. The summed E-state index contributed by atoms with van der Waals surface area (Å²) in [7, 11) is 1.69. The maximum absolute atomic E-state index is 11.9. The molecule has 0 spiro atoms. The highest BCUT2D eigenvalue weighted by Gasteiger charge is 2.17. The Morgan fingerprint density at radius 2 is 1.30 bits per heavy atom. The summed E-state index contributed by atoms with van der Waals surface area (Å²) in [4.78, 5) is 19.5. The predicted octanol–water partition coefficient (Wildman–Crippen LogP) is 2.81. The van der Waals surface area contributed by atoms with Gasteiger partial charge in [-0.05, 0) is 55.5 Å². The van der Waals surface area contributed by atoms with E-state index in [-0.39, 0.29) is 5.69 Å². The van der Waals surface area contributed by atoms with Crippen molar-refractivity contribution in [3.05, 3.63) is 70.9 Å². The molecule has 4 rings (SSSR count). The van der Waals surface area contributed by atoms with Crippen LogP contribution in [-0.2, 0) is 0 Å². The molecule has 1 fully saturated rings. The molecular weight excluding hydrogens is 340 g/mol. The molecule has 1 aromatic heterocycles. The second-order valence-electron chi connectivity index (χ2n) is 6.80. The van der Waals surface area contributed by atoms with Crippen LogP contribution in [0.5, 0.6) is 5.75 Å². The number of benzene rings is 2. The zero-order valence-corrected chi connectivity index (χ0v) is 15.7. The van der Waals surface area contributed by atoms with Crippen molar-refractivity contribution in [1.82, 2.24) is 9.55 Å². The lowest BCUT2D eigenvalue weighted by molar-refractivity contribution is 0.415. The van der Waals surface area contributed by atoms with E-state index in [1.54, 1.807) is 11.7 Å². The number of aromatic nitrogens is 2. The Morgan fingerprint density at radius 1 is 0.815 bits per heavy atom. The van der Waals surface area contributed by atoms with E-state index in [9.17, 15) is 4.79 Å². The highest BCUT2D eigenvalue weighted by molar-refractivity contribution is 5.54. The number of rotatable bonds is 4. The van der Waals surface area contributed by atoms with Crippen molar-refractivity contribution in [2.24, 2.45) is 0 Å². The topological polar surface area (TPSA) is 53.5 Å². The molecule has 1 N–H and O–H groups in total. The smallest absolute Gasteiger partial charge is 0.330 e. The van der Waals surface area contributed by atoms with Gasteiger partial charge in [-0.2, -0.15) is 0 Å². The molecule has 0 unspecified atom stereocenters. The second kappa shape index (κ2) is 7.23. The van der Waals surface area contributed by atoms with Crippen molar-refractivity contribution < 1.29 is 4.74 Å². The summed E-state index contributed by atoms with van der Waals surface area (Å²) in [6, 6.07) is 16.4. The molecule has 0 atom stereocenters. The number of ether oxygens (including phenoxy) is 1. The van der Waals surface area contributed by atoms with E-state index in [0.29, 0.717) is 0 Å². The van der Waals surface area contributed by atoms with Crippen molar-refractivity contribution >= 4 is 11.4 Å². The second-order valence-corrected chi connectivity index (χ2v) is 6.80. The third kappa shape index (κ3) is 3.56. The molecule has 0 amide bonds. The van der Waals surface area contributed by atoms with Crippen molar-refractivity contribution in [2.45, 2.75) is 6.92 Å². The number of H-pyrrole nitrogens is 1. The minimum Gasteiger partial charge on any atom is -0.497 e. The van der Waals surface area contributed by atoms with Crippen LogP contribution in [0.4, 0.5) is 11.4 Å². The molecule has 1 aliphatic heterocycles. The Labute approximate surface area is 158 Å². The lowest BCUT2D eigenvalue weighted by atomic mass is 10.2. The maximum atomic E-state index is 11.9. The van der Waals surface area contributed by atoms with E-state index in [2.05, 4.69) is 39.0 Å². The summed E-state index contributed by atoms with van der Waals surface area (Å²) in [5.41, 5.74) is 4.05. The van der Waals surface area contributed by atoms with Crippen LogP contribution in [0.15, 0.2) is 59.5 Å². The van der Waals surface area contributed by atoms with Crippen LogP contribution in [0, 0.1) is 6.92 Å². The lowest BCUT2D eigenvalue weighted by Crippen LogP contribution is -2.46. The first-order chi connectivity index (χ1) is 13.1. The first kappa shape index (κ1) is 17.3. The zero-order valence-electron chi connectivity index (χ0n) is 15.7. The first-order valence-corrected chi connectivity index (χ1v) is 9.17. The summed E-state index contributed by atoms with van der Waals surface area (Å²) < 4.78 is 6.87. The van der Waals surface area contributed by atoms with Crippen LogP contribution in [0.2, 0.25) is 0 Å². The standard InChI is InChI=1S/C21H24N4O2/c1-16-15-25(21(26)22-16)19-5-3-17(4-6-19)23-11-13-24(14-12-23)18-7-9-20(27-2)10-8-18/h3-10,15H,11-14H2,1-2H3,(H,22,26). The molecule has 0 saturated carbocycles. The average Bonchev–Trinajstić information content (AvgIpc) is 3.06. The van der Waals surface area contributed by atoms with Gasteiger partial charge in [-0.15, -0.1) is 0 Å². The number of nitrogens with one attached hydrogen (secondary N) is 1. The number of nitrogens with zero attached hydrogens (tertiary/aromatic N) is 3. The number of aromatic amines is 1. The molecule has 140 valence electrons. The number of hydrogen-bond donors (Lipinski definition) is 1. The minimum absolute atomic E-state index is 0.103. The van der Waals surface area contributed by atoms with E-state index in [1.165, 1.54) is 11.4 Å². The van der Waals surface area contributed by atoms with Gasteiger partial charge in [0, 0.05) is 49.4 Å². The van der Waals surface area contributed by atoms with Crippen LogP contribution in [0.3, 0.4) is 0 Å². The summed E-state index contributed by atoms with van der Waals surface area (Å²) in [5.74, 6) is 0.884. The zero-order chi connectivity index (χ0) is 18.8. The molecular formula is C21H24N4O2. The van der Waals surface area contributed by atoms with E-state index in [4.69, 9.17) is 4.74 Å². The fourth-order valence-corrected chi connectivity index (χ4v) is 3.55. The number of piperazine rings is 1. The van der Waals surface area contributed by atoms with Crippen molar-refractivity contribution in [3.8, 4) is 11.4 Å². The normalized spacial score (nSPS) is 14.4. The third-order valence-electron chi connectivity index (χ3n) is 5.06. The maximum Gasteiger partial charge on any atom is 0.330 e. The van der Waals surface area contributed by atoms with Crippen molar-refractivity contribution in [3.63, 3.8) is 0 Å². The largest absolute Gasteiger partial charge is 0.497 e. The Balaban J connectivity index is 1.42. The molecule has 3 aromatic rings.